The van der Waals surface area contributed by atoms with Gasteiger partial charge in [-0.05, 0) is 13.0 Å². The first-order valence-electron chi connectivity index (χ1n) is 5.06. The lowest BCUT2D eigenvalue weighted by Gasteiger charge is -2.10. The number of hydrogen-bond acceptors (Lipinski definition) is 3. The van der Waals surface area contributed by atoms with E-state index in [1.54, 1.807) is 17.8 Å². The van der Waals surface area contributed by atoms with Crippen LogP contribution in [0.25, 0.3) is 0 Å². The highest BCUT2D eigenvalue weighted by atomic mass is 32.1. The average molecular weight is 240 g/mol. The van der Waals surface area contributed by atoms with Gasteiger partial charge in [0.1, 0.15) is 0 Å². The molecule has 1 atom stereocenters. The predicted octanol–water partition coefficient (Wildman–Crippen LogP) is 0.00100. The van der Waals surface area contributed by atoms with Gasteiger partial charge in [0, 0.05) is 31.9 Å². The van der Waals surface area contributed by atoms with E-state index in [4.69, 9.17) is 18.0 Å². The molecule has 88 valence electrons. The molecule has 0 aliphatic rings. The van der Waals surface area contributed by atoms with Crippen molar-refractivity contribution in [3.05, 3.63) is 18.0 Å². The number of carbonyl (C=O) groups is 1. The molecule has 0 spiro atoms. The Bertz CT molecular complexity index is 388. The molecule has 0 radical (unpaired) electrons. The molecule has 0 bridgehead atoms. The van der Waals surface area contributed by atoms with Crippen molar-refractivity contribution in [3.8, 4) is 0 Å². The Hall–Kier alpha value is -1.43. The number of amides is 1. The Morgan fingerprint density at radius 1 is 1.75 bits per heavy atom. The zero-order chi connectivity index (χ0) is 12.1. The summed E-state index contributed by atoms with van der Waals surface area (Å²) in [6.45, 7) is 2.26. The van der Waals surface area contributed by atoms with E-state index in [0.717, 1.165) is 12.1 Å². The molecule has 5 nitrogen and oxygen atoms in total. The van der Waals surface area contributed by atoms with E-state index in [-0.39, 0.29) is 10.9 Å². The third-order valence-corrected chi connectivity index (χ3v) is 2.78. The number of aromatic nitrogens is 2. The van der Waals surface area contributed by atoms with Crippen LogP contribution in [0.4, 0.5) is 0 Å². The van der Waals surface area contributed by atoms with Gasteiger partial charge in [0.2, 0.25) is 5.91 Å². The van der Waals surface area contributed by atoms with Crippen molar-refractivity contribution in [2.24, 2.45) is 18.7 Å². The second kappa shape index (κ2) is 5.60. The number of hydrogen-bond donors (Lipinski definition) is 2. The van der Waals surface area contributed by atoms with Crippen LogP contribution in [0.15, 0.2) is 12.3 Å². The van der Waals surface area contributed by atoms with Gasteiger partial charge in [0.25, 0.3) is 0 Å². The molecule has 6 heteroatoms. The van der Waals surface area contributed by atoms with Crippen LogP contribution in [0.1, 0.15) is 12.6 Å². The summed E-state index contributed by atoms with van der Waals surface area (Å²) in [5.41, 5.74) is 6.46. The smallest absolute Gasteiger partial charge is 0.229 e. The van der Waals surface area contributed by atoms with Gasteiger partial charge in [-0.25, -0.2) is 0 Å². The summed E-state index contributed by atoms with van der Waals surface area (Å²) in [5.74, 6) is -0.545. The maximum absolute atomic E-state index is 11.5. The minimum absolute atomic E-state index is 0.130. The Labute approximate surface area is 100 Å². The van der Waals surface area contributed by atoms with Gasteiger partial charge in [-0.3, -0.25) is 9.48 Å². The van der Waals surface area contributed by atoms with Crippen molar-refractivity contribution in [3.63, 3.8) is 0 Å². The fourth-order valence-corrected chi connectivity index (χ4v) is 1.35. The Balaban J connectivity index is 2.34. The first kappa shape index (κ1) is 12.6. The van der Waals surface area contributed by atoms with Crippen molar-refractivity contribution in [1.82, 2.24) is 15.1 Å². The van der Waals surface area contributed by atoms with Gasteiger partial charge in [0.15, 0.2) is 0 Å². The normalized spacial score (nSPS) is 12.1. The highest BCUT2D eigenvalue weighted by molar-refractivity contribution is 7.80. The second-order valence-corrected chi connectivity index (χ2v) is 4.08. The van der Waals surface area contributed by atoms with E-state index >= 15 is 0 Å². The Kier molecular flexibility index (Phi) is 4.42. The lowest BCUT2D eigenvalue weighted by Crippen LogP contribution is -2.37. The van der Waals surface area contributed by atoms with E-state index < -0.39 is 5.92 Å². The average Bonchev–Trinajstić information content (AvgIpc) is 2.63. The molecule has 0 saturated heterocycles. The molecule has 0 aliphatic carbocycles. The Morgan fingerprint density at radius 3 is 2.94 bits per heavy atom. The largest absolute Gasteiger partial charge is 0.393 e. The number of aryl methyl sites for hydroxylation is 1. The van der Waals surface area contributed by atoms with Gasteiger partial charge in [0.05, 0.1) is 10.9 Å². The number of carbonyl (C=O) groups excluding carboxylic acids is 1. The molecule has 0 fully saturated rings. The highest BCUT2D eigenvalue weighted by Crippen LogP contribution is 1.98. The van der Waals surface area contributed by atoms with Crippen molar-refractivity contribution in [1.29, 1.82) is 0 Å². The van der Waals surface area contributed by atoms with Crippen molar-refractivity contribution in [2.75, 3.05) is 6.54 Å². The van der Waals surface area contributed by atoms with Crippen LogP contribution >= 0.6 is 12.2 Å². The summed E-state index contributed by atoms with van der Waals surface area (Å²) in [5, 5.41) is 6.82. The zero-order valence-corrected chi connectivity index (χ0v) is 10.3. The standard InChI is InChI=1S/C10H16N4OS/c1-7(9(11)16)10(15)12-5-3-8-4-6-13-14(8)2/h4,6-7H,3,5H2,1-2H3,(H2,11,16)(H,12,15). The molecular formula is C10H16N4OS. The van der Waals surface area contributed by atoms with E-state index in [2.05, 4.69) is 10.4 Å². The summed E-state index contributed by atoms with van der Waals surface area (Å²) in [6.07, 6.45) is 2.47. The molecule has 16 heavy (non-hydrogen) atoms. The summed E-state index contributed by atoms with van der Waals surface area (Å²) in [6, 6.07) is 1.92. The van der Waals surface area contributed by atoms with Crippen LogP contribution in [0, 0.1) is 5.92 Å². The Morgan fingerprint density at radius 2 is 2.44 bits per heavy atom. The highest BCUT2D eigenvalue weighted by Gasteiger charge is 2.14. The van der Waals surface area contributed by atoms with E-state index in [9.17, 15) is 4.79 Å². The molecule has 1 unspecified atom stereocenters. The van der Waals surface area contributed by atoms with Gasteiger partial charge in [-0.1, -0.05) is 12.2 Å². The number of nitrogens with zero attached hydrogens (tertiary/aromatic N) is 2. The summed E-state index contributed by atoms with van der Waals surface area (Å²) in [7, 11) is 1.87. The SMILES string of the molecule is CC(C(=O)NCCc1ccnn1C)C(N)=S. The summed E-state index contributed by atoms with van der Waals surface area (Å²) >= 11 is 4.75. The van der Waals surface area contributed by atoms with Crippen LogP contribution in [-0.4, -0.2) is 27.2 Å². The summed E-state index contributed by atoms with van der Waals surface area (Å²) in [4.78, 5) is 11.7. The quantitative estimate of drug-likeness (QED) is 0.711. The lowest BCUT2D eigenvalue weighted by molar-refractivity contribution is -0.122. The van der Waals surface area contributed by atoms with Crippen LogP contribution in [0.3, 0.4) is 0 Å². The molecule has 1 rings (SSSR count). The number of nitrogens with two attached hydrogens (primary N) is 1. The topological polar surface area (TPSA) is 72.9 Å². The van der Waals surface area contributed by atoms with Gasteiger partial charge < -0.3 is 11.1 Å². The monoisotopic (exact) mass is 240 g/mol. The predicted molar refractivity (Wildman–Crippen MR) is 65.9 cm³/mol. The van der Waals surface area contributed by atoms with Crippen molar-refractivity contribution < 1.29 is 4.79 Å². The first-order valence-corrected chi connectivity index (χ1v) is 5.47. The van der Waals surface area contributed by atoms with Crippen LogP contribution in [-0.2, 0) is 18.3 Å². The lowest BCUT2D eigenvalue weighted by atomic mass is 10.1. The van der Waals surface area contributed by atoms with E-state index in [1.807, 2.05) is 13.1 Å². The molecule has 3 N–H and O–H groups in total. The number of rotatable bonds is 5. The van der Waals surface area contributed by atoms with Gasteiger partial charge >= 0.3 is 0 Å². The molecule has 1 amide bonds. The third kappa shape index (κ3) is 3.30. The molecular weight excluding hydrogens is 224 g/mol. The molecule has 1 aromatic heterocycles. The molecule has 1 heterocycles. The third-order valence-electron chi connectivity index (χ3n) is 2.42. The summed E-state index contributed by atoms with van der Waals surface area (Å²) < 4.78 is 1.78. The van der Waals surface area contributed by atoms with Crippen molar-refractivity contribution in [2.45, 2.75) is 13.3 Å². The second-order valence-electron chi connectivity index (χ2n) is 3.61. The van der Waals surface area contributed by atoms with Crippen LogP contribution in [0.2, 0.25) is 0 Å². The first-order chi connectivity index (χ1) is 7.52. The molecule has 0 aromatic carbocycles. The maximum Gasteiger partial charge on any atom is 0.229 e. The van der Waals surface area contributed by atoms with Crippen molar-refractivity contribution >= 4 is 23.1 Å². The fourth-order valence-electron chi connectivity index (χ4n) is 1.24. The molecule has 0 saturated carbocycles. The fraction of sp³-hybridized carbons (Fsp3) is 0.500. The van der Waals surface area contributed by atoms with Gasteiger partial charge in [-0.15, -0.1) is 0 Å². The molecule has 1 aromatic rings. The van der Waals surface area contributed by atoms with E-state index in [1.165, 1.54) is 0 Å². The van der Waals surface area contributed by atoms with Gasteiger partial charge in [-0.2, -0.15) is 5.10 Å². The zero-order valence-electron chi connectivity index (χ0n) is 9.43. The maximum atomic E-state index is 11.5. The van der Waals surface area contributed by atoms with E-state index in [0.29, 0.717) is 6.54 Å². The minimum Gasteiger partial charge on any atom is -0.393 e. The minimum atomic E-state index is -0.415. The number of thiocarbonyl (C=S) groups is 1. The number of nitrogens with one attached hydrogen (secondary N) is 1. The van der Waals surface area contributed by atoms with Crippen LogP contribution in [0.5, 0.6) is 0 Å². The van der Waals surface area contributed by atoms with Crippen LogP contribution < -0.4 is 11.1 Å². The molecule has 0 aliphatic heterocycles.